The van der Waals surface area contributed by atoms with Crippen LogP contribution in [0.3, 0.4) is 0 Å². The van der Waals surface area contributed by atoms with Gasteiger partial charge in [-0.2, -0.15) is 5.10 Å². The predicted octanol–water partition coefficient (Wildman–Crippen LogP) is 3.21. The van der Waals surface area contributed by atoms with Crippen LogP contribution in [0.4, 0.5) is 0 Å². The maximum atomic E-state index is 5.58. The van der Waals surface area contributed by atoms with Crippen molar-refractivity contribution in [3.63, 3.8) is 0 Å². The lowest BCUT2D eigenvalue weighted by atomic mass is 10.1. The van der Waals surface area contributed by atoms with Crippen LogP contribution in [-0.2, 0) is 13.1 Å². The van der Waals surface area contributed by atoms with Crippen LogP contribution < -0.4 is 0 Å². The molecule has 3 heterocycles. The highest BCUT2D eigenvalue weighted by Gasteiger charge is 2.27. The van der Waals surface area contributed by atoms with E-state index in [0.29, 0.717) is 6.04 Å². The summed E-state index contributed by atoms with van der Waals surface area (Å²) in [5.41, 5.74) is 1.98. The molecule has 0 aliphatic carbocycles. The summed E-state index contributed by atoms with van der Waals surface area (Å²) >= 11 is 0. The first-order valence-corrected chi connectivity index (χ1v) is 8.82. The molecular weight excluding hydrogens is 314 g/mol. The number of aryl methyl sites for hydroxylation is 2. The monoisotopic (exact) mass is 337 g/mol. The van der Waals surface area contributed by atoms with Gasteiger partial charge in [0.1, 0.15) is 17.3 Å². The first-order chi connectivity index (χ1) is 12.2. The second kappa shape index (κ2) is 6.80. The van der Waals surface area contributed by atoms with E-state index >= 15 is 0 Å². The quantitative estimate of drug-likeness (QED) is 0.715. The van der Waals surface area contributed by atoms with Crippen LogP contribution in [-0.4, -0.2) is 37.4 Å². The summed E-state index contributed by atoms with van der Waals surface area (Å²) in [6.45, 7) is 6.71. The number of rotatable bonds is 5. The second-order valence-electron chi connectivity index (χ2n) is 6.70. The van der Waals surface area contributed by atoms with Crippen molar-refractivity contribution in [1.29, 1.82) is 0 Å². The number of hydrogen-bond acceptors (Lipinski definition) is 5. The summed E-state index contributed by atoms with van der Waals surface area (Å²) in [6, 6.07) is 12.7. The molecule has 1 aliphatic rings. The topological polar surface area (TPSA) is 60.0 Å². The number of likely N-dealkylation sites (tertiary alicyclic amines) is 1. The van der Waals surface area contributed by atoms with E-state index in [2.05, 4.69) is 38.3 Å². The molecule has 1 fully saturated rings. The van der Waals surface area contributed by atoms with Gasteiger partial charge in [-0.15, -0.1) is 0 Å². The van der Waals surface area contributed by atoms with Gasteiger partial charge in [0.2, 0.25) is 0 Å². The lowest BCUT2D eigenvalue weighted by molar-refractivity contribution is 0.194. The maximum Gasteiger partial charge on any atom is 0.151 e. The normalized spacial score (nSPS) is 18.1. The zero-order chi connectivity index (χ0) is 17.2. The molecule has 0 spiro atoms. The molecule has 6 heteroatoms. The SMILES string of the molecule is Cc1nc(C)n(CC2CCCN2Cc2cc(-c3ccccc3)no2)n1. The molecule has 4 rings (SSSR count). The van der Waals surface area contributed by atoms with Gasteiger partial charge in [-0.05, 0) is 33.2 Å². The van der Waals surface area contributed by atoms with Crippen LogP contribution in [0, 0.1) is 13.8 Å². The van der Waals surface area contributed by atoms with Crippen molar-refractivity contribution in [2.24, 2.45) is 0 Å². The van der Waals surface area contributed by atoms with E-state index in [1.165, 1.54) is 12.8 Å². The Labute approximate surface area is 147 Å². The molecule has 25 heavy (non-hydrogen) atoms. The van der Waals surface area contributed by atoms with Crippen LogP contribution in [0.5, 0.6) is 0 Å². The summed E-state index contributed by atoms with van der Waals surface area (Å²) < 4.78 is 7.60. The number of benzene rings is 1. The molecule has 130 valence electrons. The summed E-state index contributed by atoms with van der Waals surface area (Å²) in [4.78, 5) is 6.87. The average Bonchev–Trinajstić information content (AvgIpc) is 3.32. The minimum atomic E-state index is 0.463. The molecule has 1 saturated heterocycles. The fourth-order valence-corrected chi connectivity index (χ4v) is 3.58. The third-order valence-corrected chi connectivity index (χ3v) is 4.83. The summed E-state index contributed by atoms with van der Waals surface area (Å²) in [5, 5.41) is 8.73. The van der Waals surface area contributed by atoms with E-state index in [1.54, 1.807) is 0 Å². The highest BCUT2D eigenvalue weighted by molar-refractivity contribution is 5.58. The lowest BCUT2D eigenvalue weighted by Gasteiger charge is -2.23. The minimum absolute atomic E-state index is 0.463. The van der Waals surface area contributed by atoms with Crippen LogP contribution >= 0.6 is 0 Å². The Bertz CT molecular complexity index is 839. The Morgan fingerprint density at radius 2 is 2.04 bits per heavy atom. The number of nitrogens with zero attached hydrogens (tertiary/aromatic N) is 5. The molecule has 1 unspecified atom stereocenters. The third kappa shape index (κ3) is 3.49. The first kappa shape index (κ1) is 16.0. The van der Waals surface area contributed by atoms with E-state index in [4.69, 9.17) is 4.52 Å². The highest BCUT2D eigenvalue weighted by atomic mass is 16.5. The van der Waals surface area contributed by atoms with Gasteiger partial charge in [0.05, 0.1) is 13.1 Å². The molecule has 1 aliphatic heterocycles. The molecular formula is C19H23N5O. The van der Waals surface area contributed by atoms with E-state index in [9.17, 15) is 0 Å². The zero-order valence-electron chi connectivity index (χ0n) is 14.7. The van der Waals surface area contributed by atoms with Gasteiger partial charge < -0.3 is 4.52 Å². The molecule has 3 aromatic rings. The molecule has 0 amide bonds. The number of hydrogen-bond donors (Lipinski definition) is 0. The summed E-state index contributed by atoms with van der Waals surface area (Å²) in [6.07, 6.45) is 2.38. The minimum Gasteiger partial charge on any atom is -0.359 e. The van der Waals surface area contributed by atoms with Crippen LogP contribution in [0.2, 0.25) is 0 Å². The second-order valence-corrected chi connectivity index (χ2v) is 6.70. The van der Waals surface area contributed by atoms with E-state index in [1.807, 2.05) is 36.7 Å². The molecule has 1 atom stereocenters. The fraction of sp³-hybridized carbons (Fsp3) is 0.421. The average molecular weight is 337 g/mol. The fourth-order valence-electron chi connectivity index (χ4n) is 3.58. The van der Waals surface area contributed by atoms with Crippen molar-refractivity contribution < 1.29 is 4.52 Å². The van der Waals surface area contributed by atoms with Gasteiger partial charge in [-0.3, -0.25) is 4.90 Å². The predicted molar refractivity (Wildman–Crippen MR) is 94.9 cm³/mol. The molecule has 0 bridgehead atoms. The van der Waals surface area contributed by atoms with Crippen LogP contribution in [0.1, 0.15) is 30.3 Å². The van der Waals surface area contributed by atoms with Gasteiger partial charge in [0.25, 0.3) is 0 Å². The van der Waals surface area contributed by atoms with Crippen LogP contribution in [0.15, 0.2) is 40.9 Å². The Kier molecular flexibility index (Phi) is 4.36. The molecule has 6 nitrogen and oxygen atoms in total. The lowest BCUT2D eigenvalue weighted by Crippen LogP contribution is -2.33. The zero-order valence-corrected chi connectivity index (χ0v) is 14.7. The summed E-state index contributed by atoms with van der Waals surface area (Å²) in [5.74, 6) is 2.73. The van der Waals surface area contributed by atoms with Gasteiger partial charge in [0, 0.05) is 17.7 Å². The van der Waals surface area contributed by atoms with Gasteiger partial charge >= 0.3 is 0 Å². The Balaban J connectivity index is 1.45. The largest absolute Gasteiger partial charge is 0.359 e. The van der Waals surface area contributed by atoms with Gasteiger partial charge in [-0.1, -0.05) is 35.5 Å². The molecule has 1 aromatic carbocycles. The Morgan fingerprint density at radius 3 is 2.80 bits per heavy atom. The van der Waals surface area contributed by atoms with Crippen molar-refractivity contribution in [3.8, 4) is 11.3 Å². The highest BCUT2D eigenvalue weighted by Crippen LogP contribution is 2.24. The van der Waals surface area contributed by atoms with Gasteiger partial charge in [0.15, 0.2) is 5.76 Å². The van der Waals surface area contributed by atoms with Crippen molar-refractivity contribution in [2.75, 3.05) is 6.54 Å². The molecule has 0 radical (unpaired) electrons. The van der Waals surface area contributed by atoms with Crippen molar-refractivity contribution in [1.82, 2.24) is 24.8 Å². The maximum absolute atomic E-state index is 5.58. The number of aromatic nitrogens is 4. The third-order valence-electron chi connectivity index (χ3n) is 4.83. The standard InChI is InChI=1S/C19H23N5O/c1-14-20-15(2)24(21-14)12-17-9-6-10-23(17)13-18-11-19(22-25-18)16-7-4-3-5-8-16/h3-5,7-8,11,17H,6,9-10,12-13H2,1-2H3. The smallest absolute Gasteiger partial charge is 0.151 e. The van der Waals surface area contributed by atoms with Crippen LogP contribution in [0.25, 0.3) is 11.3 Å². The van der Waals surface area contributed by atoms with E-state index in [0.717, 1.165) is 48.3 Å². The van der Waals surface area contributed by atoms with Gasteiger partial charge in [-0.25, -0.2) is 9.67 Å². The Morgan fingerprint density at radius 1 is 1.20 bits per heavy atom. The van der Waals surface area contributed by atoms with E-state index < -0.39 is 0 Å². The molecule has 0 N–H and O–H groups in total. The van der Waals surface area contributed by atoms with Crippen molar-refractivity contribution >= 4 is 0 Å². The summed E-state index contributed by atoms with van der Waals surface area (Å²) in [7, 11) is 0. The first-order valence-electron chi connectivity index (χ1n) is 8.82. The van der Waals surface area contributed by atoms with E-state index in [-0.39, 0.29) is 0 Å². The molecule has 2 aromatic heterocycles. The Hall–Kier alpha value is -2.47. The van der Waals surface area contributed by atoms with Crippen molar-refractivity contribution in [3.05, 3.63) is 53.8 Å². The van der Waals surface area contributed by atoms with Crippen molar-refractivity contribution in [2.45, 2.75) is 45.8 Å². The molecule has 0 saturated carbocycles.